The number of nitrogens with one attached hydrogen (secondary N) is 1. The summed E-state index contributed by atoms with van der Waals surface area (Å²) in [5, 5.41) is 34.4. The molecule has 0 aliphatic heterocycles. The maximum Gasteiger partial charge on any atom is 0.339 e. The second-order valence-corrected chi connectivity index (χ2v) is 12.9. The number of rotatable bonds is 16. The maximum atomic E-state index is 13.6. The van der Waals surface area contributed by atoms with Gasteiger partial charge in [0, 0.05) is 40.7 Å². The number of nitrogens with zero attached hydrogens (tertiary/aromatic N) is 3. The Labute approximate surface area is 297 Å². The average molecular weight is 691 g/mol. The normalized spacial score (nSPS) is 11.6. The Hall–Kier alpha value is -5.53. The first-order valence-corrected chi connectivity index (χ1v) is 17.5. The number of unbranched alkanes of at least 4 members (excludes halogenated alkanes) is 2. The molecule has 0 aliphatic rings. The highest BCUT2D eigenvalue weighted by Crippen LogP contribution is 2.29. The zero-order chi connectivity index (χ0) is 36.0. The van der Waals surface area contributed by atoms with Crippen LogP contribution in [-0.4, -0.2) is 33.0 Å². The quantitative estimate of drug-likeness (QED) is 0.0607. The van der Waals surface area contributed by atoms with Crippen LogP contribution in [0.2, 0.25) is 0 Å². The highest BCUT2D eigenvalue weighted by molar-refractivity contribution is 7.13. The van der Waals surface area contributed by atoms with Crippen molar-refractivity contribution in [3.8, 4) is 22.4 Å². The van der Waals surface area contributed by atoms with Crippen LogP contribution in [0, 0.1) is 11.3 Å². The third kappa shape index (κ3) is 10.5. The molecule has 0 saturated heterocycles. The zero-order valence-electron chi connectivity index (χ0n) is 28.6. The molecule has 0 fully saturated rings. The van der Waals surface area contributed by atoms with E-state index in [4.69, 9.17) is 4.98 Å². The number of carboxylic acid groups (broad SMARTS) is 1. The van der Waals surface area contributed by atoms with E-state index in [2.05, 4.69) is 42.6 Å². The van der Waals surface area contributed by atoms with Gasteiger partial charge in [0.05, 0.1) is 18.3 Å². The van der Waals surface area contributed by atoms with Crippen LogP contribution in [0.1, 0.15) is 90.4 Å². The number of carbonyl (C=O) groups is 3. The summed E-state index contributed by atoms with van der Waals surface area (Å²) in [6, 6.07) is 21.7. The van der Waals surface area contributed by atoms with Crippen LogP contribution in [0.15, 0.2) is 95.4 Å². The van der Waals surface area contributed by atoms with E-state index in [1.807, 2.05) is 24.4 Å². The molecule has 4 rings (SSSR count). The number of aryl methyl sites for hydroxylation is 1. The number of allylic oxidation sites excluding steroid dienone is 3. The molecule has 3 aromatic carbocycles. The molecule has 0 spiro atoms. The number of nitriles is 1. The lowest BCUT2D eigenvalue weighted by Gasteiger charge is -2.23. The lowest BCUT2D eigenvalue weighted by atomic mass is 10.1. The minimum absolute atomic E-state index is 0.0209. The minimum atomic E-state index is -1.32. The summed E-state index contributed by atoms with van der Waals surface area (Å²) in [6.45, 7) is 6.34. The predicted molar refractivity (Wildman–Crippen MR) is 197 cm³/mol. The molecule has 0 bridgehead atoms. The maximum absolute atomic E-state index is 13.6. The number of hydrogen-bond acceptors (Lipinski definition) is 7. The Morgan fingerprint density at radius 1 is 0.980 bits per heavy atom. The molecule has 1 heterocycles. The number of aromatic nitrogens is 1. The molecule has 50 heavy (non-hydrogen) atoms. The molecular weight excluding hydrogens is 649 g/mol. The van der Waals surface area contributed by atoms with Crippen molar-refractivity contribution in [2.75, 3.05) is 4.90 Å². The molecule has 0 aliphatic carbocycles. The Morgan fingerprint density at radius 3 is 2.36 bits per heavy atom. The molecule has 9 nitrogen and oxygen atoms in total. The summed E-state index contributed by atoms with van der Waals surface area (Å²) in [7, 11) is 0. The van der Waals surface area contributed by atoms with Crippen LogP contribution in [0.5, 0.6) is 5.75 Å². The molecule has 4 aromatic rings. The second-order valence-electron chi connectivity index (χ2n) is 12.0. The van der Waals surface area contributed by atoms with Gasteiger partial charge in [-0.1, -0.05) is 74.7 Å². The minimum Gasteiger partial charge on any atom is -0.507 e. The number of phenols is 1. The highest BCUT2D eigenvalue weighted by atomic mass is 32.1. The molecule has 3 N–H and O–H groups in total. The summed E-state index contributed by atoms with van der Waals surface area (Å²) in [5.74, 6) is -2.21. The van der Waals surface area contributed by atoms with E-state index in [9.17, 15) is 29.9 Å². The molecule has 0 atom stereocenters. The fourth-order valence-electron chi connectivity index (χ4n) is 5.18. The van der Waals surface area contributed by atoms with Gasteiger partial charge in [-0.3, -0.25) is 9.59 Å². The van der Waals surface area contributed by atoms with E-state index >= 15 is 0 Å². The summed E-state index contributed by atoms with van der Waals surface area (Å²) >= 11 is 1.39. The van der Waals surface area contributed by atoms with Gasteiger partial charge in [0.25, 0.3) is 5.91 Å². The van der Waals surface area contributed by atoms with Crippen molar-refractivity contribution in [1.82, 2.24) is 10.3 Å². The Kier molecular flexibility index (Phi) is 13.6. The number of carbonyl (C=O) groups excluding carboxylic acids is 2. The Morgan fingerprint density at radius 2 is 1.70 bits per heavy atom. The van der Waals surface area contributed by atoms with Crippen molar-refractivity contribution in [2.45, 2.75) is 72.4 Å². The lowest BCUT2D eigenvalue weighted by Crippen LogP contribution is -2.30. The fourth-order valence-corrected chi connectivity index (χ4v) is 6.00. The van der Waals surface area contributed by atoms with Gasteiger partial charge >= 0.3 is 5.97 Å². The summed E-state index contributed by atoms with van der Waals surface area (Å²) in [5.41, 5.74) is 5.54. The van der Waals surface area contributed by atoms with Crippen molar-refractivity contribution in [3.05, 3.63) is 123 Å². The van der Waals surface area contributed by atoms with Crippen molar-refractivity contribution in [1.29, 1.82) is 5.26 Å². The monoisotopic (exact) mass is 690 g/mol. The van der Waals surface area contributed by atoms with Gasteiger partial charge < -0.3 is 20.4 Å². The van der Waals surface area contributed by atoms with Crippen LogP contribution in [-0.2, 0) is 24.3 Å². The Bertz CT molecular complexity index is 1900. The number of thiazole rings is 1. The number of aromatic hydroxyl groups is 1. The largest absolute Gasteiger partial charge is 0.507 e. The molecule has 0 radical (unpaired) electrons. The van der Waals surface area contributed by atoms with Crippen LogP contribution in [0.3, 0.4) is 0 Å². The van der Waals surface area contributed by atoms with E-state index in [-0.39, 0.29) is 30.3 Å². The number of amides is 2. The molecule has 0 saturated carbocycles. The molecule has 0 unspecified atom stereocenters. The fraction of sp³-hybridized carbons (Fsp3) is 0.275. The van der Waals surface area contributed by atoms with Gasteiger partial charge in [0.1, 0.15) is 16.3 Å². The van der Waals surface area contributed by atoms with Crippen molar-refractivity contribution in [2.24, 2.45) is 0 Å². The number of carboxylic acids is 1. The number of benzene rings is 3. The smallest absolute Gasteiger partial charge is 0.339 e. The molecular formula is C40H42N4O5S. The molecule has 258 valence electrons. The van der Waals surface area contributed by atoms with Crippen LogP contribution < -0.4 is 10.2 Å². The molecule has 2 amide bonds. The van der Waals surface area contributed by atoms with Gasteiger partial charge in [-0.25, -0.2) is 9.78 Å². The van der Waals surface area contributed by atoms with E-state index in [0.29, 0.717) is 40.5 Å². The lowest BCUT2D eigenvalue weighted by molar-refractivity contribution is -0.118. The predicted octanol–water partition coefficient (Wildman–Crippen LogP) is 8.61. The first-order chi connectivity index (χ1) is 24.1. The summed E-state index contributed by atoms with van der Waals surface area (Å²) in [4.78, 5) is 44.4. The average Bonchev–Trinajstić information content (AvgIpc) is 3.59. The zero-order valence-corrected chi connectivity index (χ0v) is 29.4. The molecule has 1 aromatic heterocycles. The van der Waals surface area contributed by atoms with E-state index < -0.39 is 11.7 Å². The van der Waals surface area contributed by atoms with Gasteiger partial charge in [0.2, 0.25) is 5.91 Å². The van der Waals surface area contributed by atoms with Gasteiger partial charge in [-0.2, -0.15) is 5.26 Å². The van der Waals surface area contributed by atoms with Crippen LogP contribution in [0.4, 0.5) is 5.69 Å². The van der Waals surface area contributed by atoms with Crippen LogP contribution in [0.25, 0.3) is 10.6 Å². The standard InChI is InChI=1S/C40H42N4O5S/c1-4-6-7-8-29-11-13-30(14-12-29)24-42-38(47)31-15-17-32(18-16-31)39-43-33(26-50-39)25-44(34-19-20-36(45)35(22-34)40(48)49)37(46)21-27(3)9-10-28(5-2)23-41/h9-20,22,26,45H,4-8,21,24-25H2,1-3H3,(H,42,47)(H,48,49)/b27-9+,28-10+. The van der Waals surface area contributed by atoms with Gasteiger partial charge in [0.15, 0.2) is 0 Å². The van der Waals surface area contributed by atoms with E-state index in [1.54, 1.807) is 31.2 Å². The summed E-state index contributed by atoms with van der Waals surface area (Å²) in [6.07, 6.45) is 8.67. The first kappa shape index (κ1) is 37.3. The topological polar surface area (TPSA) is 144 Å². The van der Waals surface area contributed by atoms with Gasteiger partial charge in [-0.05, 0) is 73.7 Å². The number of hydrogen-bond donors (Lipinski definition) is 3. The van der Waals surface area contributed by atoms with Crippen LogP contribution >= 0.6 is 11.3 Å². The first-order valence-electron chi connectivity index (χ1n) is 16.7. The van der Waals surface area contributed by atoms with Gasteiger partial charge in [-0.15, -0.1) is 11.3 Å². The summed E-state index contributed by atoms with van der Waals surface area (Å²) < 4.78 is 0. The number of anilines is 1. The van der Waals surface area contributed by atoms with Crippen molar-refractivity contribution in [3.63, 3.8) is 0 Å². The Balaban J connectivity index is 1.46. The molecule has 10 heteroatoms. The van der Waals surface area contributed by atoms with E-state index in [1.165, 1.54) is 59.3 Å². The highest BCUT2D eigenvalue weighted by Gasteiger charge is 2.21. The van der Waals surface area contributed by atoms with E-state index in [0.717, 1.165) is 23.1 Å². The SMILES string of the molecule is CCCCCc1ccc(CNC(=O)c2ccc(-c3nc(CN(C(=O)C/C(C)=C/C=C(/C#N)CC)c4ccc(O)c(C(=O)O)c4)cs3)cc2)cc1. The third-order valence-electron chi connectivity index (χ3n) is 8.16. The third-order valence-corrected chi connectivity index (χ3v) is 9.10. The number of aromatic carboxylic acids is 1. The van der Waals surface area contributed by atoms with Crippen molar-refractivity contribution >= 4 is 34.8 Å². The second kappa shape index (κ2) is 18.3. The van der Waals surface area contributed by atoms with Crippen molar-refractivity contribution < 1.29 is 24.6 Å².